The lowest BCUT2D eigenvalue weighted by atomic mass is 10.0. The summed E-state index contributed by atoms with van der Waals surface area (Å²) in [7, 11) is 0. The molecule has 0 saturated heterocycles. The molecule has 34 heavy (non-hydrogen) atoms. The maximum atomic E-state index is 11.3. The van der Waals surface area contributed by atoms with Gasteiger partial charge in [-0.15, -0.1) is 0 Å². The fourth-order valence-corrected chi connectivity index (χ4v) is 3.68. The Morgan fingerprint density at radius 3 is 1.29 bits per heavy atom. The van der Waals surface area contributed by atoms with Crippen molar-refractivity contribution in [1.29, 1.82) is 0 Å². The zero-order chi connectivity index (χ0) is 25.7. The highest BCUT2D eigenvalue weighted by atomic mass is 16.4. The number of aliphatic carboxylic acids is 1. The molecule has 0 aliphatic heterocycles. The first-order valence-electron chi connectivity index (χ1n) is 13.5. The highest BCUT2D eigenvalue weighted by molar-refractivity contribution is 5.80. The molecule has 0 aromatic carbocycles. The Labute approximate surface area is 208 Å². The van der Waals surface area contributed by atoms with Gasteiger partial charge in [-0.05, 0) is 6.42 Å². The lowest BCUT2D eigenvalue weighted by Crippen LogP contribution is -2.32. The minimum Gasteiger partial charge on any atom is -0.480 e. The van der Waals surface area contributed by atoms with Gasteiger partial charge in [0.05, 0.1) is 19.8 Å². The molecule has 8 nitrogen and oxygen atoms in total. The van der Waals surface area contributed by atoms with Gasteiger partial charge in [0.25, 0.3) is 0 Å². The minimum atomic E-state index is -0.986. The van der Waals surface area contributed by atoms with Crippen molar-refractivity contribution in [3.05, 3.63) is 0 Å². The number of rotatable bonds is 24. The number of unbranched alkanes of at least 4 members (excludes halogenated alkanes) is 14. The van der Waals surface area contributed by atoms with Crippen LogP contribution < -0.4 is 5.32 Å². The van der Waals surface area contributed by atoms with Crippen molar-refractivity contribution < 1.29 is 30.0 Å². The van der Waals surface area contributed by atoms with E-state index in [1.165, 1.54) is 83.5 Å². The van der Waals surface area contributed by atoms with E-state index < -0.39 is 5.97 Å². The summed E-state index contributed by atoms with van der Waals surface area (Å²) in [6, 6.07) is 0. The molecule has 0 atom stereocenters. The highest BCUT2D eigenvalue weighted by Gasteiger charge is 2.03. The summed E-state index contributed by atoms with van der Waals surface area (Å²) in [6.07, 6.45) is 20.0. The normalized spacial score (nSPS) is 10.7. The summed E-state index contributed by atoms with van der Waals surface area (Å²) < 4.78 is 0. The van der Waals surface area contributed by atoms with Crippen molar-refractivity contribution in [3.63, 3.8) is 0 Å². The van der Waals surface area contributed by atoms with Gasteiger partial charge >= 0.3 is 5.97 Å². The quantitative estimate of drug-likeness (QED) is 0.130. The zero-order valence-corrected chi connectivity index (χ0v) is 21.8. The van der Waals surface area contributed by atoms with Crippen LogP contribution in [0.5, 0.6) is 0 Å². The van der Waals surface area contributed by atoms with Crippen molar-refractivity contribution >= 4 is 11.9 Å². The smallest absolute Gasteiger partial charge is 0.322 e. The second-order valence-electron chi connectivity index (χ2n) is 8.88. The SMILES string of the molecule is CCCCCCCCCCCCCCCCCC(=O)NCC(=O)O.OCCN(CCO)CCO. The van der Waals surface area contributed by atoms with Gasteiger partial charge in [-0.3, -0.25) is 14.5 Å². The predicted octanol–water partition coefficient (Wildman–Crippen LogP) is 3.71. The Bertz CT molecular complexity index is 423. The summed E-state index contributed by atoms with van der Waals surface area (Å²) in [5, 5.41) is 36.3. The van der Waals surface area contributed by atoms with E-state index in [1.54, 1.807) is 4.90 Å². The van der Waals surface area contributed by atoms with E-state index in [2.05, 4.69) is 12.2 Å². The number of nitrogens with one attached hydrogen (secondary N) is 1. The van der Waals surface area contributed by atoms with E-state index >= 15 is 0 Å². The van der Waals surface area contributed by atoms with Crippen LogP contribution in [0.25, 0.3) is 0 Å². The minimum absolute atomic E-state index is 0.0694. The molecule has 0 heterocycles. The van der Waals surface area contributed by atoms with Crippen molar-refractivity contribution in [3.8, 4) is 0 Å². The molecular formula is C26H54N2O6. The summed E-state index contributed by atoms with van der Waals surface area (Å²) in [5.74, 6) is -1.13. The third-order valence-electron chi connectivity index (χ3n) is 5.69. The van der Waals surface area contributed by atoms with E-state index in [4.69, 9.17) is 20.4 Å². The standard InChI is InChI=1S/C20H39NO3.C6H15NO3/c1-2-3-4-5-6-7-8-9-10-11-12-13-14-15-16-17-19(22)21-18-20(23)24;8-4-1-7(2-5-9)3-6-10/h2-18H2,1H3,(H,21,22)(H,23,24);8-10H,1-6H2. The number of carboxylic acids is 1. The lowest BCUT2D eigenvalue weighted by molar-refractivity contribution is -0.137. The molecule has 0 radical (unpaired) electrons. The predicted molar refractivity (Wildman–Crippen MR) is 138 cm³/mol. The number of aliphatic hydroxyl groups excluding tert-OH is 3. The first-order valence-corrected chi connectivity index (χ1v) is 13.5. The second-order valence-corrected chi connectivity index (χ2v) is 8.88. The summed E-state index contributed by atoms with van der Waals surface area (Å²) >= 11 is 0. The van der Waals surface area contributed by atoms with Crippen molar-refractivity contribution in [1.82, 2.24) is 10.2 Å². The van der Waals surface area contributed by atoms with Crippen molar-refractivity contribution in [2.75, 3.05) is 46.0 Å². The van der Waals surface area contributed by atoms with Crippen LogP contribution in [0, 0.1) is 0 Å². The largest absolute Gasteiger partial charge is 0.480 e. The number of amides is 1. The van der Waals surface area contributed by atoms with E-state index in [9.17, 15) is 9.59 Å². The first-order chi connectivity index (χ1) is 16.5. The molecular weight excluding hydrogens is 436 g/mol. The Morgan fingerprint density at radius 1 is 0.618 bits per heavy atom. The maximum Gasteiger partial charge on any atom is 0.322 e. The highest BCUT2D eigenvalue weighted by Crippen LogP contribution is 2.13. The fraction of sp³-hybridized carbons (Fsp3) is 0.923. The molecule has 8 heteroatoms. The number of hydrogen-bond donors (Lipinski definition) is 5. The van der Waals surface area contributed by atoms with Gasteiger partial charge < -0.3 is 25.7 Å². The van der Waals surface area contributed by atoms with Crippen LogP contribution in [0.3, 0.4) is 0 Å². The molecule has 0 saturated carbocycles. The van der Waals surface area contributed by atoms with Gasteiger partial charge in [-0.2, -0.15) is 0 Å². The monoisotopic (exact) mass is 490 g/mol. The average molecular weight is 491 g/mol. The van der Waals surface area contributed by atoms with E-state index in [1.807, 2.05) is 0 Å². The lowest BCUT2D eigenvalue weighted by Gasteiger charge is -2.17. The van der Waals surface area contributed by atoms with Gasteiger partial charge in [0, 0.05) is 26.1 Å². The molecule has 204 valence electrons. The average Bonchev–Trinajstić information content (AvgIpc) is 2.81. The van der Waals surface area contributed by atoms with Crippen LogP contribution in [0.15, 0.2) is 0 Å². The topological polar surface area (TPSA) is 130 Å². The molecule has 0 aromatic heterocycles. The van der Waals surface area contributed by atoms with E-state index in [0.29, 0.717) is 26.1 Å². The third kappa shape index (κ3) is 30.8. The fourth-order valence-electron chi connectivity index (χ4n) is 3.68. The maximum absolute atomic E-state index is 11.3. The summed E-state index contributed by atoms with van der Waals surface area (Å²) in [6.45, 7) is 3.75. The van der Waals surface area contributed by atoms with E-state index in [-0.39, 0.29) is 32.3 Å². The van der Waals surface area contributed by atoms with Crippen LogP contribution in [0.4, 0.5) is 0 Å². The molecule has 0 bridgehead atoms. The van der Waals surface area contributed by atoms with Crippen molar-refractivity contribution in [2.24, 2.45) is 0 Å². The number of carboxylic acid groups (broad SMARTS) is 1. The summed E-state index contributed by atoms with van der Waals surface area (Å²) in [5.41, 5.74) is 0. The van der Waals surface area contributed by atoms with Gasteiger partial charge in [0.2, 0.25) is 5.91 Å². The molecule has 1 amide bonds. The van der Waals surface area contributed by atoms with Crippen LogP contribution in [0.1, 0.15) is 110 Å². The Balaban J connectivity index is 0. The number of carbonyl (C=O) groups excluding carboxylic acids is 1. The number of nitrogens with zero attached hydrogens (tertiary/aromatic N) is 1. The molecule has 0 aliphatic rings. The van der Waals surface area contributed by atoms with Gasteiger partial charge in [0.1, 0.15) is 6.54 Å². The molecule has 0 rings (SSSR count). The number of aliphatic hydroxyl groups is 3. The second kappa shape index (κ2) is 29.8. The van der Waals surface area contributed by atoms with E-state index in [0.717, 1.165) is 12.8 Å². The van der Waals surface area contributed by atoms with Crippen LogP contribution in [-0.4, -0.2) is 83.2 Å². The van der Waals surface area contributed by atoms with Crippen LogP contribution >= 0.6 is 0 Å². The Hall–Kier alpha value is -1.22. The number of carbonyl (C=O) groups is 2. The third-order valence-corrected chi connectivity index (χ3v) is 5.69. The Morgan fingerprint density at radius 2 is 0.971 bits per heavy atom. The molecule has 0 spiro atoms. The molecule has 5 N–H and O–H groups in total. The molecule has 0 unspecified atom stereocenters. The number of hydrogen-bond acceptors (Lipinski definition) is 6. The molecule has 0 aliphatic carbocycles. The van der Waals surface area contributed by atoms with Gasteiger partial charge in [0.15, 0.2) is 0 Å². The molecule has 0 aromatic rings. The van der Waals surface area contributed by atoms with Gasteiger partial charge in [-0.25, -0.2) is 0 Å². The molecule has 0 fully saturated rings. The zero-order valence-electron chi connectivity index (χ0n) is 21.8. The van der Waals surface area contributed by atoms with Crippen molar-refractivity contribution in [2.45, 2.75) is 110 Å². The van der Waals surface area contributed by atoms with Crippen LogP contribution in [0.2, 0.25) is 0 Å². The van der Waals surface area contributed by atoms with Gasteiger partial charge in [-0.1, -0.05) is 96.8 Å². The van der Waals surface area contributed by atoms with Crippen LogP contribution in [-0.2, 0) is 9.59 Å². The Kier molecular flexibility index (Phi) is 30.6. The summed E-state index contributed by atoms with van der Waals surface area (Å²) in [4.78, 5) is 23.4. The first kappa shape index (κ1) is 34.9.